The molecule has 0 bridgehead atoms. The highest BCUT2D eigenvalue weighted by Gasteiger charge is 2.25. The molecule has 0 heterocycles. The molecular formula is C16H34ClNO2S. The van der Waals surface area contributed by atoms with Gasteiger partial charge < -0.3 is 0 Å². The van der Waals surface area contributed by atoms with E-state index in [9.17, 15) is 8.42 Å². The van der Waals surface area contributed by atoms with Crippen molar-refractivity contribution >= 4 is 19.9 Å². The first-order valence-electron chi connectivity index (χ1n) is 8.58. The Kier molecular flexibility index (Phi) is 11.8. The van der Waals surface area contributed by atoms with E-state index in [1.165, 1.54) is 4.31 Å². The molecule has 0 fully saturated rings. The van der Waals surface area contributed by atoms with Crippen LogP contribution in [0.3, 0.4) is 0 Å². The fourth-order valence-electron chi connectivity index (χ4n) is 2.66. The van der Waals surface area contributed by atoms with E-state index >= 15 is 0 Å². The zero-order chi connectivity index (χ0) is 16.3. The fraction of sp³-hybridized carbons (Fsp3) is 1.00. The Balaban J connectivity index is 4.71. The number of rotatable bonds is 13. The van der Waals surface area contributed by atoms with E-state index in [1.54, 1.807) is 0 Å². The summed E-state index contributed by atoms with van der Waals surface area (Å²) < 4.78 is 25.3. The second-order valence-corrected chi connectivity index (χ2v) is 8.60. The first-order chi connectivity index (χ1) is 9.88. The summed E-state index contributed by atoms with van der Waals surface area (Å²) in [7, 11) is 2.05. The van der Waals surface area contributed by atoms with Crippen LogP contribution in [0.5, 0.6) is 0 Å². The van der Waals surface area contributed by atoms with Crippen molar-refractivity contribution in [1.29, 1.82) is 0 Å². The third-order valence-corrected chi connectivity index (χ3v) is 5.82. The summed E-state index contributed by atoms with van der Waals surface area (Å²) in [5, 5.41) is 0. The summed E-state index contributed by atoms with van der Waals surface area (Å²) in [6.07, 6.45) is 8.80. The Labute approximate surface area is 137 Å². The molecule has 0 aromatic carbocycles. The van der Waals surface area contributed by atoms with Gasteiger partial charge >= 0.3 is 0 Å². The molecule has 2 atom stereocenters. The molecule has 0 aromatic rings. The van der Waals surface area contributed by atoms with Gasteiger partial charge in [0.15, 0.2) is 0 Å². The molecule has 21 heavy (non-hydrogen) atoms. The Hall–Kier alpha value is 0.200. The molecule has 0 saturated heterocycles. The molecular weight excluding hydrogens is 306 g/mol. The molecule has 5 heteroatoms. The minimum Gasteiger partial charge on any atom is -0.195 e. The van der Waals surface area contributed by atoms with E-state index in [0.717, 1.165) is 51.4 Å². The lowest BCUT2D eigenvalue weighted by atomic mass is 9.97. The van der Waals surface area contributed by atoms with Crippen LogP contribution in [0.4, 0.5) is 0 Å². The van der Waals surface area contributed by atoms with E-state index in [0.29, 0.717) is 24.9 Å². The van der Waals surface area contributed by atoms with E-state index in [1.807, 2.05) is 0 Å². The molecule has 0 radical (unpaired) electrons. The lowest BCUT2D eigenvalue weighted by Gasteiger charge is -2.27. The Morgan fingerprint density at radius 3 is 1.48 bits per heavy atom. The van der Waals surface area contributed by atoms with E-state index < -0.39 is 9.24 Å². The summed E-state index contributed by atoms with van der Waals surface area (Å²) in [4.78, 5) is 0. The topological polar surface area (TPSA) is 37.4 Å². The summed E-state index contributed by atoms with van der Waals surface area (Å²) in [6.45, 7) is 9.75. The third kappa shape index (κ3) is 9.75. The molecule has 0 aromatic heterocycles. The maximum Gasteiger partial charge on any atom is 0.299 e. The molecule has 0 N–H and O–H groups in total. The Morgan fingerprint density at radius 2 is 1.24 bits per heavy atom. The van der Waals surface area contributed by atoms with Gasteiger partial charge in [0.1, 0.15) is 0 Å². The summed E-state index contributed by atoms with van der Waals surface area (Å²) in [6, 6.07) is 0. The van der Waals surface area contributed by atoms with Crippen molar-refractivity contribution in [2.45, 2.75) is 79.1 Å². The average Bonchev–Trinajstić information content (AvgIpc) is 2.44. The third-order valence-electron chi connectivity index (χ3n) is 4.32. The zero-order valence-electron chi connectivity index (χ0n) is 14.3. The number of nitrogens with zero attached hydrogens (tertiary/aromatic N) is 1. The van der Waals surface area contributed by atoms with Gasteiger partial charge in [-0.15, -0.1) is 0 Å². The maximum absolute atomic E-state index is 11.9. The van der Waals surface area contributed by atoms with Gasteiger partial charge in [0.25, 0.3) is 9.24 Å². The minimum atomic E-state index is -3.62. The Morgan fingerprint density at radius 1 is 0.857 bits per heavy atom. The lowest BCUT2D eigenvalue weighted by Crippen LogP contribution is -2.36. The standard InChI is InChI=1S/C16H34ClNO2S/c1-5-9-11-15(7-3)13-18(21(17,19)20)14-16(8-4)12-10-6-2/h15-16H,5-14H2,1-4H3. The normalized spacial score (nSPS) is 15.3. The van der Waals surface area contributed by atoms with Crippen LogP contribution in [-0.4, -0.2) is 25.8 Å². The summed E-state index contributed by atoms with van der Waals surface area (Å²) in [5.74, 6) is 0.837. The van der Waals surface area contributed by atoms with E-state index in [2.05, 4.69) is 27.7 Å². The predicted molar refractivity (Wildman–Crippen MR) is 93.0 cm³/mol. The van der Waals surface area contributed by atoms with Gasteiger partial charge in [-0.05, 0) is 24.7 Å². The van der Waals surface area contributed by atoms with Crippen molar-refractivity contribution in [3.8, 4) is 0 Å². The van der Waals surface area contributed by atoms with Gasteiger partial charge in [0, 0.05) is 23.8 Å². The number of halogens is 1. The van der Waals surface area contributed by atoms with Crippen LogP contribution >= 0.6 is 10.7 Å². The minimum absolute atomic E-state index is 0.419. The molecule has 0 saturated carbocycles. The van der Waals surface area contributed by atoms with Gasteiger partial charge in [0.05, 0.1) is 0 Å². The van der Waals surface area contributed by atoms with Crippen LogP contribution in [0.1, 0.15) is 79.1 Å². The van der Waals surface area contributed by atoms with E-state index in [-0.39, 0.29) is 0 Å². The van der Waals surface area contributed by atoms with Gasteiger partial charge in [-0.2, -0.15) is 12.7 Å². The van der Waals surface area contributed by atoms with Crippen LogP contribution in [0.2, 0.25) is 0 Å². The first-order valence-corrected chi connectivity index (χ1v) is 10.8. The van der Waals surface area contributed by atoms with Gasteiger partial charge in [0.2, 0.25) is 0 Å². The number of unbranched alkanes of at least 4 members (excludes halogenated alkanes) is 2. The molecule has 3 nitrogen and oxygen atoms in total. The van der Waals surface area contributed by atoms with Crippen LogP contribution in [-0.2, 0) is 9.24 Å². The first kappa shape index (κ1) is 21.2. The van der Waals surface area contributed by atoms with Crippen molar-refractivity contribution in [3.63, 3.8) is 0 Å². The van der Waals surface area contributed by atoms with Crippen molar-refractivity contribution in [2.24, 2.45) is 11.8 Å². The molecule has 0 aliphatic heterocycles. The van der Waals surface area contributed by atoms with Gasteiger partial charge in [-0.3, -0.25) is 0 Å². The monoisotopic (exact) mass is 339 g/mol. The van der Waals surface area contributed by atoms with Crippen LogP contribution in [0.25, 0.3) is 0 Å². The highest BCUT2D eigenvalue weighted by Crippen LogP contribution is 2.22. The molecule has 0 aliphatic rings. The quantitative estimate of drug-likeness (QED) is 0.432. The summed E-state index contributed by atoms with van der Waals surface area (Å²) >= 11 is 0. The van der Waals surface area contributed by atoms with Crippen LogP contribution in [0.15, 0.2) is 0 Å². The lowest BCUT2D eigenvalue weighted by molar-refractivity contribution is 0.274. The Bertz CT molecular complexity index is 328. The molecule has 0 amide bonds. The van der Waals surface area contributed by atoms with Crippen molar-refractivity contribution in [3.05, 3.63) is 0 Å². The predicted octanol–water partition coefficient (Wildman–Crippen LogP) is 5.20. The molecule has 2 unspecified atom stereocenters. The molecule has 0 rings (SSSR count). The van der Waals surface area contributed by atoms with E-state index in [4.69, 9.17) is 10.7 Å². The average molecular weight is 340 g/mol. The highest BCUT2D eigenvalue weighted by atomic mass is 35.7. The van der Waals surface area contributed by atoms with Crippen LogP contribution < -0.4 is 0 Å². The molecule has 0 spiro atoms. The SMILES string of the molecule is CCCCC(CC)CN(CC(CC)CCCC)S(=O)(=O)Cl. The maximum atomic E-state index is 11.9. The fourth-order valence-corrected chi connectivity index (χ4v) is 3.78. The van der Waals surface area contributed by atoms with Crippen molar-refractivity contribution < 1.29 is 8.42 Å². The van der Waals surface area contributed by atoms with Gasteiger partial charge in [-0.25, -0.2) is 0 Å². The second kappa shape index (κ2) is 11.7. The largest absolute Gasteiger partial charge is 0.299 e. The zero-order valence-corrected chi connectivity index (χ0v) is 15.8. The number of hydrogen-bond donors (Lipinski definition) is 0. The second-order valence-electron chi connectivity index (χ2n) is 6.09. The smallest absolute Gasteiger partial charge is 0.195 e. The highest BCUT2D eigenvalue weighted by molar-refractivity contribution is 8.11. The van der Waals surface area contributed by atoms with Crippen LogP contribution in [0, 0.1) is 11.8 Å². The molecule has 128 valence electrons. The van der Waals surface area contributed by atoms with Crippen molar-refractivity contribution in [2.75, 3.05) is 13.1 Å². The van der Waals surface area contributed by atoms with Crippen molar-refractivity contribution in [1.82, 2.24) is 4.31 Å². The number of hydrogen-bond acceptors (Lipinski definition) is 2. The molecule has 0 aliphatic carbocycles. The van der Waals surface area contributed by atoms with Gasteiger partial charge in [-0.1, -0.05) is 66.2 Å². The summed E-state index contributed by atoms with van der Waals surface area (Å²) in [5.41, 5.74) is 0.